The first-order valence-corrected chi connectivity index (χ1v) is 4.96. The maximum atomic E-state index is 11.0. The quantitative estimate of drug-likeness (QED) is 0.793. The summed E-state index contributed by atoms with van der Waals surface area (Å²) in [5.41, 5.74) is 6.98. The van der Waals surface area contributed by atoms with Crippen molar-refractivity contribution in [2.24, 2.45) is 5.73 Å². The number of nitrogens with two attached hydrogens (primary N) is 1. The Labute approximate surface area is 92.7 Å². The highest BCUT2D eigenvalue weighted by atomic mass is 16.1. The number of nitrogens with zero attached hydrogens (tertiary/aromatic N) is 2. The number of benzene rings is 1. The Morgan fingerprint density at radius 1 is 1.38 bits per heavy atom. The normalized spacial score (nSPS) is 12.2. The van der Waals surface area contributed by atoms with Crippen molar-refractivity contribution in [3.63, 3.8) is 0 Å². The van der Waals surface area contributed by atoms with Gasteiger partial charge in [0.25, 0.3) is 0 Å². The average molecular weight is 216 g/mol. The van der Waals surface area contributed by atoms with E-state index in [2.05, 4.69) is 15.4 Å². The number of nitrogens with one attached hydrogen (secondary N) is 1. The second-order valence-electron chi connectivity index (χ2n) is 3.53. The van der Waals surface area contributed by atoms with Crippen LogP contribution < -0.4 is 5.73 Å². The van der Waals surface area contributed by atoms with Gasteiger partial charge in [-0.15, -0.1) is 0 Å². The van der Waals surface area contributed by atoms with Crippen molar-refractivity contribution in [3.8, 4) is 0 Å². The number of aromatic amines is 1. The highest BCUT2D eigenvalue weighted by Crippen LogP contribution is 2.25. The fourth-order valence-electron chi connectivity index (χ4n) is 1.66. The number of aromatic nitrogens is 3. The molecular formula is C11H12N4O. The smallest absolute Gasteiger partial charge is 0.218 e. The zero-order valence-electron chi connectivity index (χ0n) is 8.63. The van der Waals surface area contributed by atoms with E-state index in [-0.39, 0.29) is 18.2 Å². The number of rotatable bonds is 4. The van der Waals surface area contributed by atoms with Gasteiger partial charge in [0.05, 0.1) is 11.9 Å². The zero-order chi connectivity index (χ0) is 11.4. The fraction of sp³-hybridized carbons (Fsp3) is 0.182. The van der Waals surface area contributed by atoms with Crippen LogP contribution in [0.5, 0.6) is 0 Å². The third-order valence-corrected chi connectivity index (χ3v) is 2.40. The molecule has 1 unspecified atom stereocenters. The molecule has 1 atom stereocenters. The first kappa shape index (κ1) is 10.4. The van der Waals surface area contributed by atoms with Gasteiger partial charge in [-0.25, -0.2) is 0 Å². The zero-order valence-corrected chi connectivity index (χ0v) is 8.63. The molecule has 2 rings (SSSR count). The van der Waals surface area contributed by atoms with Crippen molar-refractivity contribution in [1.82, 2.24) is 15.4 Å². The van der Waals surface area contributed by atoms with Gasteiger partial charge >= 0.3 is 0 Å². The summed E-state index contributed by atoms with van der Waals surface area (Å²) in [5, 5.41) is 10.3. The number of hydrogen-bond donors (Lipinski definition) is 2. The van der Waals surface area contributed by atoms with E-state index in [4.69, 9.17) is 5.73 Å². The Kier molecular flexibility index (Phi) is 2.95. The number of carbonyl (C=O) groups is 1. The molecule has 1 heterocycles. The van der Waals surface area contributed by atoms with Crippen LogP contribution in [-0.4, -0.2) is 21.3 Å². The number of carbonyl (C=O) groups excluding carboxylic acids is 1. The minimum Gasteiger partial charge on any atom is -0.370 e. The van der Waals surface area contributed by atoms with E-state index in [9.17, 15) is 4.79 Å². The lowest BCUT2D eigenvalue weighted by atomic mass is 9.93. The van der Waals surface area contributed by atoms with Gasteiger partial charge in [-0.3, -0.25) is 4.79 Å². The molecule has 2 aromatic rings. The van der Waals surface area contributed by atoms with Crippen molar-refractivity contribution < 1.29 is 4.79 Å². The van der Waals surface area contributed by atoms with E-state index in [1.807, 2.05) is 30.3 Å². The van der Waals surface area contributed by atoms with Crippen LogP contribution in [0.3, 0.4) is 0 Å². The lowest BCUT2D eigenvalue weighted by Gasteiger charge is -2.12. The maximum Gasteiger partial charge on any atom is 0.218 e. The monoisotopic (exact) mass is 216 g/mol. The molecule has 1 amide bonds. The summed E-state index contributed by atoms with van der Waals surface area (Å²) in [7, 11) is 0. The van der Waals surface area contributed by atoms with E-state index >= 15 is 0 Å². The second kappa shape index (κ2) is 4.57. The average Bonchev–Trinajstić information content (AvgIpc) is 2.80. The summed E-state index contributed by atoms with van der Waals surface area (Å²) >= 11 is 0. The minimum atomic E-state index is -0.350. The number of hydrogen-bond acceptors (Lipinski definition) is 3. The Balaban J connectivity index is 2.32. The van der Waals surface area contributed by atoms with Gasteiger partial charge in [0.15, 0.2) is 0 Å². The van der Waals surface area contributed by atoms with Crippen LogP contribution in [0, 0.1) is 0 Å². The largest absolute Gasteiger partial charge is 0.370 e. The van der Waals surface area contributed by atoms with Crippen LogP contribution in [0.15, 0.2) is 36.5 Å². The standard InChI is InChI=1S/C11H12N4O/c12-11(16)6-9(10-7-13-15-14-10)8-4-2-1-3-5-8/h1-5,7,9H,6H2,(H2,12,16)(H,13,14,15). The molecule has 5 nitrogen and oxygen atoms in total. The molecule has 1 aromatic carbocycles. The summed E-state index contributed by atoms with van der Waals surface area (Å²) in [5.74, 6) is -0.477. The fourth-order valence-corrected chi connectivity index (χ4v) is 1.66. The lowest BCUT2D eigenvalue weighted by Crippen LogP contribution is -2.16. The summed E-state index contributed by atoms with van der Waals surface area (Å²) in [6, 6.07) is 9.66. The molecule has 0 fully saturated rings. The molecule has 0 spiro atoms. The topological polar surface area (TPSA) is 84.7 Å². The second-order valence-corrected chi connectivity index (χ2v) is 3.53. The van der Waals surface area contributed by atoms with Crippen molar-refractivity contribution in [2.45, 2.75) is 12.3 Å². The van der Waals surface area contributed by atoms with Crippen LogP contribution in [0.1, 0.15) is 23.6 Å². The lowest BCUT2D eigenvalue weighted by molar-refractivity contribution is -0.118. The summed E-state index contributed by atoms with van der Waals surface area (Å²) in [4.78, 5) is 11.0. The Bertz CT molecular complexity index is 452. The third kappa shape index (κ3) is 2.25. The number of H-pyrrole nitrogens is 1. The molecule has 3 N–H and O–H groups in total. The number of amides is 1. The predicted molar refractivity (Wildman–Crippen MR) is 58.5 cm³/mol. The minimum absolute atomic E-state index is 0.127. The summed E-state index contributed by atoms with van der Waals surface area (Å²) in [6.45, 7) is 0. The van der Waals surface area contributed by atoms with Crippen LogP contribution >= 0.6 is 0 Å². The summed E-state index contributed by atoms with van der Waals surface area (Å²) < 4.78 is 0. The van der Waals surface area contributed by atoms with E-state index in [1.165, 1.54) is 0 Å². The molecule has 0 aliphatic carbocycles. The molecule has 0 saturated carbocycles. The van der Waals surface area contributed by atoms with Crippen LogP contribution in [0.4, 0.5) is 0 Å². The maximum absolute atomic E-state index is 11.0. The van der Waals surface area contributed by atoms with Gasteiger partial charge in [0.1, 0.15) is 0 Å². The molecular weight excluding hydrogens is 204 g/mol. The first-order chi connectivity index (χ1) is 7.77. The Morgan fingerprint density at radius 2 is 2.12 bits per heavy atom. The van der Waals surface area contributed by atoms with Crippen LogP contribution in [0.25, 0.3) is 0 Å². The van der Waals surface area contributed by atoms with E-state index in [1.54, 1.807) is 6.20 Å². The van der Waals surface area contributed by atoms with Crippen molar-refractivity contribution in [2.75, 3.05) is 0 Å². The van der Waals surface area contributed by atoms with Gasteiger partial charge < -0.3 is 5.73 Å². The highest BCUT2D eigenvalue weighted by Gasteiger charge is 2.18. The van der Waals surface area contributed by atoms with Crippen molar-refractivity contribution in [3.05, 3.63) is 47.8 Å². The Morgan fingerprint density at radius 3 is 2.69 bits per heavy atom. The van der Waals surface area contributed by atoms with Gasteiger partial charge in [-0.1, -0.05) is 30.3 Å². The van der Waals surface area contributed by atoms with Crippen molar-refractivity contribution >= 4 is 5.91 Å². The van der Waals surface area contributed by atoms with E-state index in [0.29, 0.717) is 0 Å². The SMILES string of the molecule is NC(=O)CC(c1ccccc1)c1cn[nH]n1. The van der Waals surface area contributed by atoms with E-state index < -0.39 is 0 Å². The van der Waals surface area contributed by atoms with Gasteiger partial charge in [0.2, 0.25) is 5.91 Å². The first-order valence-electron chi connectivity index (χ1n) is 4.96. The number of primary amides is 1. The van der Waals surface area contributed by atoms with Crippen LogP contribution in [0.2, 0.25) is 0 Å². The van der Waals surface area contributed by atoms with Gasteiger partial charge in [0, 0.05) is 12.3 Å². The molecule has 0 aliphatic rings. The van der Waals surface area contributed by atoms with Gasteiger partial charge in [-0.05, 0) is 5.56 Å². The molecule has 0 saturated heterocycles. The molecule has 0 aliphatic heterocycles. The third-order valence-electron chi connectivity index (χ3n) is 2.40. The molecule has 82 valence electrons. The van der Waals surface area contributed by atoms with E-state index in [0.717, 1.165) is 11.3 Å². The molecule has 16 heavy (non-hydrogen) atoms. The molecule has 1 aromatic heterocycles. The molecule has 0 bridgehead atoms. The Hall–Kier alpha value is -2.17. The highest BCUT2D eigenvalue weighted by molar-refractivity contribution is 5.75. The predicted octanol–water partition coefficient (Wildman–Crippen LogP) is 0.812. The van der Waals surface area contributed by atoms with Crippen molar-refractivity contribution in [1.29, 1.82) is 0 Å². The molecule has 5 heteroatoms. The van der Waals surface area contributed by atoms with Gasteiger partial charge in [-0.2, -0.15) is 15.4 Å². The molecule has 0 radical (unpaired) electrons. The summed E-state index contributed by atoms with van der Waals surface area (Å²) in [6.07, 6.45) is 1.84. The van der Waals surface area contributed by atoms with Crippen LogP contribution in [-0.2, 0) is 4.79 Å².